The molecule has 0 fully saturated rings. The maximum absolute atomic E-state index is 13.8. The number of carbonyl (C=O) groups is 2. The van der Waals surface area contributed by atoms with Crippen molar-refractivity contribution in [1.82, 2.24) is 10.3 Å². The van der Waals surface area contributed by atoms with Crippen molar-refractivity contribution >= 4 is 57.2 Å². The summed E-state index contributed by atoms with van der Waals surface area (Å²) in [6.07, 6.45) is 6.09. The number of halogens is 2. The molecule has 0 saturated carbocycles. The quantitative estimate of drug-likeness (QED) is 0.263. The van der Waals surface area contributed by atoms with Crippen LogP contribution in [0.5, 0.6) is 5.75 Å². The molecule has 0 spiro atoms. The highest BCUT2D eigenvalue weighted by Crippen LogP contribution is 2.39. The number of carbonyl (C=O) groups excluding carboxylic acids is 2. The third-order valence-corrected chi connectivity index (χ3v) is 8.24. The normalized spacial score (nSPS) is 20.1. The lowest BCUT2D eigenvalue weighted by molar-refractivity contribution is -0.141. The van der Waals surface area contributed by atoms with Gasteiger partial charge >= 0.3 is 5.97 Å². The molecule has 7 nitrogen and oxygen atoms in total. The van der Waals surface area contributed by atoms with Crippen LogP contribution in [-0.2, 0) is 9.53 Å². The van der Waals surface area contributed by atoms with E-state index >= 15 is 0 Å². The van der Waals surface area contributed by atoms with Gasteiger partial charge in [-0.05, 0) is 24.6 Å². The fourth-order valence-corrected chi connectivity index (χ4v) is 5.78. The molecular weight excluding hydrogens is 549 g/mol. The standard InChI is InChI=1S/C31H31Cl2N3O4/c1-4-39-28(37)17-36(3)30-22-10-7-9-20(19-14-24(32)18(2)25(33)15-19)29(22)34-16-23(30)31(38)35-26-12-13-40-27-11-6-5-8-21(26)27/h5-11,14-16,18,24,26H,4,12-13,17H2,1-3H3,(H,35,38)/t18?,24?,26-/m0/s1. The van der Waals surface area contributed by atoms with E-state index in [1.54, 1.807) is 25.1 Å². The van der Waals surface area contributed by atoms with E-state index in [0.717, 1.165) is 27.8 Å². The minimum Gasteiger partial charge on any atom is -0.493 e. The van der Waals surface area contributed by atoms with Gasteiger partial charge in [-0.1, -0.05) is 61.0 Å². The average molecular weight is 581 g/mol. The van der Waals surface area contributed by atoms with Gasteiger partial charge in [0.2, 0.25) is 0 Å². The van der Waals surface area contributed by atoms with Crippen molar-refractivity contribution in [2.75, 3.05) is 31.7 Å². The minimum atomic E-state index is -0.389. The summed E-state index contributed by atoms with van der Waals surface area (Å²) in [5, 5.41) is 4.29. The second kappa shape index (κ2) is 11.9. The molecule has 1 aliphatic heterocycles. The highest BCUT2D eigenvalue weighted by molar-refractivity contribution is 6.33. The van der Waals surface area contributed by atoms with Crippen molar-refractivity contribution in [1.29, 1.82) is 0 Å². The lowest BCUT2D eigenvalue weighted by atomic mass is 9.91. The van der Waals surface area contributed by atoms with Gasteiger partial charge in [0, 0.05) is 47.1 Å². The van der Waals surface area contributed by atoms with Crippen LogP contribution in [0, 0.1) is 5.92 Å². The summed E-state index contributed by atoms with van der Waals surface area (Å²) in [6.45, 7) is 4.48. The van der Waals surface area contributed by atoms with Crippen LogP contribution in [-0.4, -0.2) is 49.0 Å². The molecule has 0 bridgehead atoms. The van der Waals surface area contributed by atoms with E-state index in [1.165, 1.54) is 0 Å². The van der Waals surface area contributed by atoms with Gasteiger partial charge in [0.1, 0.15) is 12.3 Å². The number of nitrogens with one attached hydrogen (secondary N) is 1. The molecule has 3 atom stereocenters. The molecule has 9 heteroatoms. The van der Waals surface area contributed by atoms with Gasteiger partial charge in [-0.15, -0.1) is 11.6 Å². The summed E-state index contributed by atoms with van der Waals surface area (Å²) in [5.74, 6) is 0.0902. The molecule has 5 rings (SSSR count). The van der Waals surface area contributed by atoms with Crippen molar-refractivity contribution in [3.05, 3.63) is 82.5 Å². The fraction of sp³-hybridized carbons (Fsp3) is 0.323. The number of anilines is 1. The van der Waals surface area contributed by atoms with Gasteiger partial charge in [0.05, 0.1) is 41.4 Å². The van der Waals surface area contributed by atoms with Crippen LogP contribution < -0.4 is 15.0 Å². The molecule has 1 amide bonds. The zero-order chi connectivity index (χ0) is 28.4. The molecule has 0 saturated heterocycles. The van der Waals surface area contributed by atoms with Crippen LogP contribution in [0.1, 0.15) is 47.8 Å². The number of benzene rings is 2. The third-order valence-electron chi connectivity index (χ3n) is 7.29. The molecule has 2 heterocycles. The van der Waals surface area contributed by atoms with Gasteiger partial charge < -0.3 is 19.7 Å². The van der Waals surface area contributed by atoms with E-state index in [2.05, 4.69) is 5.32 Å². The van der Waals surface area contributed by atoms with Crippen molar-refractivity contribution in [3.8, 4) is 5.75 Å². The Hall–Kier alpha value is -3.55. The lowest BCUT2D eigenvalue weighted by Crippen LogP contribution is -2.34. The van der Waals surface area contributed by atoms with Crippen LogP contribution in [0.3, 0.4) is 0 Å². The number of aromatic nitrogens is 1. The van der Waals surface area contributed by atoms with E-state index in [4.69, 9.17) is 37.7 Å². The Labute approximate surface area is 243 Å². The number of rotatable bonds is 7. The molecule has 2 unspecified atom stereocenters. The zero-order valence-corrected chi connectivity index (χ0v) is 24.1. The highest BCUT2D eigenvalue weighted by atomic mass is 35.5. The summed E-state index contributed by atoms with van der Waals surface area (Å²) in [4.78, 5) is 32.8. The van der Waals surface area contributed by atoms with Gasteiger partial charge in [0.25, 0.3) is 5.91 Å². The average Bonchev–Trinajstić information content (AvgIpc) is 2.94. The number of hydrogen-bond donors (Lipinski definition) is 1. The fourth-order valence-electron chi connectivity index (χ4n) is 5.19. The van der Waals surface area contributed by atoms with Crippen LogP contribution >= 0.6 is 23.2 Å². The van der Waals surface area contributed by atoms with E-state index in [-0.39, 0.29) is 42.4 Å². The summed E-state index contributed by atoms with van der Waals surface area (Å²) >= 11 is 13.1. The Balaban J connectivity index is 1.59. The van der Waals surface area contributed by atoms with Crippen molar-refractivity contribution < 1.29 is 19.1 Å². The number of nitrogens with zero attached hydrogens (tertiary/aromatic N) is 2. The zero-order valence-electron chi connectivity index (χ0n) is 22.6. The van der Waals surface area contributed by atoms with Crippen LogP contribution in [0.25, 0.3) is 16.5 Å². The number of para-hydroxylation sites is 2. The van der Waals surface area contributed by atoms with E-state index in [0.29, 0.717) is 34.8 Å². The van der Waals surface area contributed by atoms with Gasteiger partial charge in [-0.2, -0.15) is 0 Å². The molecule has 3 aromatic rings. The molecule has 2 aromatic carbocycles. The predicted molar refractivity (Wildman–Crippen MR) is 159 cm³/mol. The lowest BCUT2D eigenvalue weighted by Gasteiger charge is -2.28. The number of alkyl halides is 1. The monoisotopic (exact) mass is 579 g/mol. The number of likely N-dealkylation sites (N-methyl/N-ethyl adjacent to an activating group) is 1. The number of esters is 1. The maximum atomic E-state index is 13.8. The third kappa shape index (κ3) is 5.54. The van der Waals surface area contributed by atoms with Crippen molar-refractivity contribution in [2.24, 2.45) is 5.92 Å². The predicted octanol–water partition coefficient (Wildman–Crippen LogP) is 6.25. The van der Waals surface area contributed by atoms with Crippen LogP contribution in [0.15, 0.2) is 65.8 Å². The SMILES string of the molecule is CCOC(=O)CN(C)c1c(C(=O)N[C@H]2CCOc3ccccc32)cnc2c(C3=CC(Cl)C(C)C(Cl)=C3)cccc12. The second-order valence-corrected chi connectivity index (χ2v) is 10.9. The van der Waals surface area contributed by atoms with E-state index in [1.807, 2.05) is 61.5 Å². The first-order chi connectivity index (χ1) is 19.3. The summed E-state index contributed by atoms with van der Waals surface area (Å²) < 4.78 is 11.0. The molecule has 2 aliphatic rings. The van der Waals surface area contributed by atoms with Crippen molar-refractivity contribution in [3.63, 3.8) is 0 Å². The molecule has 1 aliphatic carbocycles. The summed E-state index contributed by atoms with van der Waals surface area (Å²) in [6, 6.07) is 13.2. The Morgan fingerprint density at radius 2 is 2.00 bits per heavy atom. The van der Waals surface area contributed by atoms with E-state index < -0.39 is 0 Å². The number of fused-ring (bicyclic) bond motifs is 2. The van der Waals surface area contributed by atoms with Gasteiger partial charge in [0.15, 0.2) is 0 Å². The number of allylic oxidation sites excluding steroid dienone is 4. The first kappa shape index (κ1) is 28.0. The Kier molecular flexibility index (Phi) is 8.33. The molecule has 40 heavy (non-hydrogen) atoms. The first-order valence-electron chi connectivity index (χ1n) is 13.3. The Morgan fingerprint density at radius 1 is 1.20 bits per heavy atom. The number of pyridine rings is 1. The molecule has 1 aromatic heterocycles. The molecule has 208 valence electrons. The van der Waals surface area contributed by atoms with Crippen molar-refractivity contribution in [2.45, 2.75) is 31.7 Å². The topological polar surface area (TPSA) is 80.8 Å². The van der Waals surface area contributed by atoms with Crippen LogP contribution in [0.4, 0.5) is 5.69 Å². The number of ether oxygens (including phenoxy) is 2. The molecule has 1 N–H and O–H groups in total. The van der Waals surface area contributed by atoms with E-state index in [9.17, 15) is 9.59 Å². The summed E-state index contributed by atoms with van der Waals surface area (Å²) in [7, 11) is 1.77. The Morgan fingerprint density at radius 3 is 2.77 bits per heavy atom. The number of hydrogen-bond acceptors (Lipinski definition) is 6. The van der Waals surface area contributed by atoms with Crippen LogP contribution in [0.2, 0.25) is 0 Å². The van der Waals surface area contributed by atoms with Gasteiger partial charge in [-0.25, -0.2) is 0 Å². The first-order valence-corrected chi connectivity index (χ1v) is 14.1. The highest BCUT2D eigenvalue weighted by Gasteiger charge is 2.28. The van der Waals surface area contributed by atoms with Gasteiger partial charge in [-0.3, -0.25) is 14.6 Å². The number of amides is 1. The minimum absolute atomic E-state index is 0.00640. The largest absolute Gasteiger partial charge is 0.493 e. The summed E-state index contributed by atoms with van der Waals surface area (Å²) in [5.41, 5.74) is 4.24. The maximum Gasteiger partial charge on any atom is 0.325 e. The second-order valence-electron chi connectivity index (χ2n) is 9.97. The Bertz CT molecular complexity index is 1520. The molecule has 0 radical (unpaired) electrons. The molecular formula is C31H31Cl2N3O4. The smallest absolute Gasteiger partial charge is 0.325 e.